The average molecular weight is 358 g/mol. The summed E-state index contributed by atoms with van der Waals surface area (Å²) in [6.45, 7) is -0.390. The summed E-state index contributed by atoms with van der Waals surface area (Å²) in [6.07, 6.45) is 0. The maximum atomic E-state index is 12.3. The van der Waals surface area contributed by atoms with Crippen LogP contribution >= 0.6 is 46.8 Å². The van der Waals surface area contributed by atoms with Gasteiger partial charge in [-0.05, 0) is 24.1 Å². The van der Waals surface area contributed by atoms with Crippen molar-refractivity contribution < 1.29 is 8.42 Å². The van der Waals surface area contributed by atoms with Gasteiger partial charge in [0.25, 0.3) is 10.0 Å². The number of halogens is 3. The molecule has 19 heavy (non-hydrogen) atoms. The molecule has 0 aromatic heterocycles. The van der Waals surface area contributed by atoms with Crippen LogP contribution < -0.4 is 0 Å². The molecule has 1 aromatic carbocycles. The fourth-order valence-electron chi connectivity index (χ4n) is 1.06. The number of hydrogen-bond donors (Lipinski definition) is 0. The number of nitriles is 1. The summed E-state index contributed by atoms with van der Waals surface area (Å²) in [6, 6.07) is 9.42. The highest BCUT2D eigenvalue weighted by Gasteiger charge is 2.26. The van der Waals surface area contributed by atoms with E-state index in [1.54, 1.807) is 24.3 Å². The molecule has 1 aromatic rings. The van der Waals surface area contributed by atoms with Crippen LogP contribution in [-0.2, 0) is 10.0 Å². The summed E-state index contributed by atoms with van der Waals surface area (Å²) in [5, 5.41) is 8.70. The van der Waals surface area contributed by atoms with Gasteiger partial charge < -0.3 is 0 Å². The molecule has 0 saturated heterocycles. The average Bonchev–Trinajstić information content (AvgIpc) is 2.39. The van der Waals surface area contributed by atoms with Gasteiger partial charge in [-0.3, -0.25) is 0 Å². The van der Waals surface area contributed by atoms with E-state index in [2.05, 4.69) is 0 Å². The molecule has 102 valence electrons. The molecule has 0 spiro atoms. The van der Waals surface area contributed by atoms with E-state index >= 15 is 0 Å². The number of rotatable bonds is 5. The van der Waals surface area contributed by atoms with E-state index in [-0.39, 0.29) is 20.3 Å². The fourth-order valence-corrected chi connectivity index (χ4v) is 3.85. The Morgan fingerprint density at radius 2 is 1.84 bits per heavy atom. The molecule has 1 rings (SSSR count). The number of hydrogen-bond acceptors (Lipinski definition) is 4. The monoisotopic (exact) mass is 356 g/mol. The first kappa shape index (κ1) is 16.6. The van der Waals surface area contributed by atoms with E-state index in [1.807, 2.05) is 0 Å². The molecule has 0 atom stereocenters. The number of nitrogens with zero attached hydrogens (tertiary/aromatic N) is 2. The van der Waals surface area contributed by atoms with Crippen molar-refractivity contribution in [3.8, 4) is 6.07 Å². The van der Waals surface area contributed by atoms with Crippen molar-refractivity contribution in [2.45, 2.75) is 4.90 Å². The Labute approximate surface area is 130 Å². The van der Waals surface area contributed by atoms with E-state index in [4.69, 9.17) is 40.1 Å². The second-order valence-electron chi connectivity index (χ2n) is 3.06. The smallest absolute Gasteiger partial charge is 0.206 e. The molecular weight excluding hydrogens is 351 g/mol. The summed E-state index contributed by atoms with van der Waals surface area (Å²) in [5.41, 5.74) is 0. The van der Waals surface area contributed by atoms with Crippen LogP contribution in [0.15, 0.2) is 44.1 Å². The van der Waals surface area contributed by atoms with Gasteiger partial charge in [0.1, 0.15) is 15.4 Å². The van der Waals surface area contributed by atoms with Crippen molar-refractivity contribution in [1.29, 1.82) is 5.26 Å². The SMILES string of the molecule is N#CCN(SC(Cl)=C(Cl)Cl)S(=O)(=O)c1ccccc1. The van der Waals surface area contributed by atoms with Crippen molar-refractivity contribution >= 4 is 56.8 Å². The molecule has 0 bridgehead atoms. The van der Waals surface area contributed by atoms with Crippen LogP contribution in [0, 0.1) is 11.3 Å². The zero-order valence-electron chi connectivity index (χ0n) is 9.26. The highest BCUT2D eigenvalue weighted by molar-refractivity contribution is 8.11. The normalized spacial score (nSPS) is 11.1. The van der Waals surface area contributed by atoms with Crippen LogP contribution in [0.25, 0.3) is 0 Å². The second kappa shape index (κ2) is 7.39. The minimum atomic E-state index is -3.85. The van der Waals surface area contributed by atoms with Crippen LogP contribution in [-0.4, -0.2) is 18.7 Å². The Balaban J connectivity index is 3.13. The first-order valence-electron chi connectivity index (χ1n) is 4.73. The van der Waals surface area contributed by atoms with Crippen molar-refractivity contribution in [3.05, 3.63) is 39.2 Å². The molecule has 0 unspecified atom stereocenters. The molecule has 0 saturated carbocycles. The van der Waals surface area contributed by atoms with E-state index in [1.165, 1.54) is 12.1 Å². The Morgan fingerprint density at radius 1 is 1.26 bits per heavy atom. The van der Waals surface area contributed by atoms with Gasteiger partial charge in [-0.1, -0.05) is 53.0 Å². The highest BCUT2D eigenvalue weighted by Crippen LogP contribution is 2.34. The lowest BCUT2D eigenvalue weighted by atomic mass is 10.4. The molecule has 0 radical (unpaired) electrons. The predicted octanol–water partition coefficient (Wildman–Crippen LogP) is 3.69. The van der Waals surface area contributed by atoms with Crippen LogP contribution in [0.1, 0.15) is 0 Å². The Morgan fingerprint density at radius 3 is 2.32 bits per heavy atom. The van der Waals surface area contributed by atoms with Gasteiger partial charge in [-0.15, -0.1) is 3.71 Å². The Hall–Kier alpha value is -0.420. The quantitative estimate of drug-likeness (QED) is 0.595. The van der Waals surface area contributed by atoms with E-state index in [0.29, 0.717) is 11.9 Å². The van der Waals surface area contributed by atoms with Crippen LogP contribution in [0.2, 0.25) is 0 Å². The minimum absolute atomic E-state index is 0.0490. The van der Waals surface area contributed by atoms with Gasteiger partial charge in [0.05, 0.1) is 11.0 Å². The lowest BCUT2D eigenvalue weighted by Crippen LogP contribution is -2.25. The van der Waals surface area contributed by atoms with E-state index < -0.39 is 10.0 Å². The zero-order valence-corrected chi connectivity index (χ0v) is 13.2. The summed E-state index contributed by atoms with van der Waals surface area (Å²) < 4.78 is 25.0. The fraction of sp³-hybridized carbons (Fsp3) is 0.100. The van der Waals surface area contributed by atoms with Gasteiger partial charge in [0.2, 0.25) is 0 Å². The highest BCUT2D eigenvalue weighted by atomic mass is 35.5. The molecule has 4 nitrogen and oxygen atoms in total. The topological polar surface area (TPSA) is 61.2 Å². The third-order valence-electron chi connectivity index (χ3n) is 1.84. The molecule has 0 fully saturated rings. The first-order chi connectivity index (χ1) is 8.89. The van der Waals surface area contributed by atoms with Gasteiger partial charge in [-0.2, -0.15) is 5.26 Å². The van der Waals surface area contributed by atoms with Crippen molar-refractivity contribution in [3.63, 3.8) is 0 Å². The molecule has 0 aliphatic carbocycles. The Bertz CT molecular complexity index is 607. The third kappa shape index (κ3) is 4.56. The van der Waals surface area contributed by atoms with Gasteiger partial charge in [-0.25, -0.2) is 8.42 Å². The molecule has 0 heterocycles. The molecule has 9 heteroatoms. The van der Waals surface area contributed by atoms with Gasteiger partial charge in [0.15, 0.2) is 0 Å². The number of sulfonamides is 1. The van der Waals surface area contributed by atoms with Gasteiger partial charge in [0, 0.05) is 0 Å². The molecule has 0 amide bonds. The summed E-state index contributed by atoms with van der Waals surface area (Å²) >= 11 is 17.2. The second-order valence-corrected chi connectivity index (χ2v) is 7.74. The lowest BCUT2D eigenvalue weighted by Gasteiger charge is -2.17. The standard InChI is InChI=1S/C10H7Cl3N2O2S2/c11-9(12)10(13)18-15(7-6-14)19(16,17)8-4-2-1-3-5-8/h1-5H,7H2. The lowest BCUT2D eigenvalue weighted by molar-refractivity contribution is 0.557. The predicted molar refractivity (Wildman–Crippen MR) is 78.1 cm³/mol. The van der Waals surface area contributed by atoms with Crippen molar-refractivity contribution in [1.82, 2.24) is 3.71 Å². The summed E-state index contributed by atoms with van der Waals surface area (Å²) in [4.78, 5) is 0.0490. The van der Waals surface area contributed by atoms with E-state index in [9.17, 15) is 8.42 Å². The molecular formula is C10H7Cl3N2O2S2. The maximum Gasteiger partial charge on any atom is 0.253 e. The van der Waals surface area contributed by atoms with E-state index in [0.717, 1.165) is 3.71 Å². The first-order valence-corrected chi connectivity index (χ1v) is 8.08. The summed E-state index contributed by atoms with van der Waals surface area (Å²) in [5.74, 6) is 0. The maximum absolute atomic E-state index is 12.3. The van der Waals surface area contributed by atoms with Crippen LogP contribution in [0.5, 0.6) is 0 Å². The van der Waals surface area contributed by atoms with Crippen LogP contribution in [0.3, 0.4) is 0 Å². The van der Waals surface area contributed by atoms with Crippen molar-refractivity contribution in [2.75, 3.05) is 6.54 Å². The molecule has 0 aliphatic rings. The zero-order chi connectivity index (χ0) is 14.5. The largest absolute Gasteiger partial charge is 0.253 e. The Kier molecular flexibility index (Phi) is 6.47. The molecule has 0 N–H and O–H groups in total. The van der Waals surface area contributed by atoms with Crippen LogP contribution in [0.4, 0.5) is 0 Å². The third-order valence-corrected chi connectivity index (χ3v) is 6.07. The summed E-state index contributed by atoms with van der Waals surface area (Å²) in [7, 11) is -3.85. The minimum Gasteiger partial charge on any atom is -0.206 e. The molecule has 0 aliphatic heterocycles. The van der Waals surface area contributed by atoms with Crippen molar-refractivity contribution in [2.24, 2.45) is 0 Å². The van der Waals surface area contributed by atoms with Gasteiger partial charge >= 0.3 is 0 Å². The number of benzene rings is 1.